The van der Waals surface area contributed by atoms with Crippen LogP contribution < -0.4 is 10.9 Å². The number of fused-ring (bicyclic) bond motifs is 10. The fraction of sp³-hybridized carbons (Fsp3) is 0.459. The van der Waals surface area contributed by atoms with Gasteiger partial charge in [-0.3, -0.25) is 9.59 Å². The molecule has 6 aromatic heterocycles. The first kappa shape index (κ1) is 59.5. The van der Waals surface area contributed by atoms with Crippen molar-refractivity contribution in [2.45, 2.75) is 219 Å². The molecule has 0 fully saturated rings. The Kier molecular flexibility index (Phi) is 20.8. The molecule has 0 bridgehead atoms. The second-order valence-electron chi connectivity index (χ2n) is 23.9. The van der Waals surface area contributed by atoms with Crippen LogP contribution in [0.15, 0.2) is 107 Å². The van der Waals surface area contributed by atoms with E-state index in [1.54, 1.807) is 0 Å². The van der Waals surface area contributed by atoms with Gasteiger partial charge in [-0.1, -0.05) is 242 Å². The molecule has 6 heterocycles. The molecule has 2 unspecified atom stereocenters. The largest absolute Gasteiger partial charge is 0.288 e. The molecule has 0 aliphatic heterocycles. The molecule has 0 aliphatic rings. The van der Waals surface area contributed by atoms with Gasteiger partial charge < -0.3 is 0 Å². The zero-order valence-electron chi connectivity index (χ0n) is 49.5. The SMILES string of the molecule is CCCCCCCCCC(CCCCCCC)c1c(-c2ccccc2)sc2c1sc1c3cc4c(=O)c5c6sc(-c7ccc(-c8ccc(-c9ccccc9)s8)s7)c(C(CCCCCCC)CCCCCCCCC)c6sc5c4cc3c(=O)c21. The predicted molar refractivity (Wildman–Crippen MR) is 373 cm³/mol. The molecule has 0 saturated carbocycles. The average molecular weight is 1200 g/mol. The van der Waals surface area contributed by atoms with Gasteiger partial charge in [-0.05, 0) is 96.2 Å². The molecule has 2 nitrogen and oxygen atoms in total. The third kappa shape index (κ3) is 12.8. The lowest BCUT2D eigenvalue weighted by atomic mass is 9.87. The molecule has 82 heavy (non-hydrogen) atoms. The van der Waals surface area contributed by atoms with Crippen LogP contribution in [-0.2, 0) is 0 Å². The molecule has 0 radical (unpaired) electrons. The van der Waals surface area contributed by atoms with Crippen LogP contribution in [-0.4, -0.2) is 0 Å². The van der Waals surface area contributed by atoms with Crippen LogP contribution in [0, 0.1) is 0 Å². The minimum Gasteiger partial charge on any atom is -0.288 e. The zero-order chi connectivity index (χ0) is 56.4. The normalized spacial score (nSPS) is 13.0. The molecule has 2 atom stereocenters. The van der Waals surface area contributed by atoms with Gasteiger partial charge in [0.1, 0.15) is 0 Å². The molecule has 0 spiro atoms. The van der Waals surface area contributed by atoms with Gasteiger partial charge in [0.15, 0.2) is 10.9 Å². The number of hydrogen-bond donors (Lipinski definition) is 0. The lowest BCUT2D eigenvalue weighted by Gasteiger charge is -2.19. The highest BCUT2D eigenvalue weighted by molar-refractivity contribution is 7.36. The van der Waals surface area contributed by atoms with E-state index in [1.807, 2.05) is 68.0 Å². The zero-order valence-corrected chi connectivity index (χ0v) is 54.4. The lowest BCUT2D eigenvalue weighted by Crippen LogP contribution is -2.01. The van der Waals surface area contributed by atoms with E-state index < -0.39 is 0 Å². The number of benzene rings is 3. The lowest BCUT2D eigenvalue weighted by molar-refractivity contribution is 0.490. The van der Waals surface area contributed by atoms with E-state index in [1.165, 1.54) is 250 Å². The predicted octanol–water partition coefficient (Wildman–Crippen LogP) is 26.4. The topological polar surface area (TPSA) is 34.1 Å². The third-order valence-electron chi connectivity index (χ3n) is 17.9. The van der Waals surface area contributed by atoms with Crippen LogP contribution in [0.2, 0.25) is 0 Å². The molecule has 5 aromatic carbocycles. The standard InChI is InChI=1S/C74H86O2S6/c1-5-9-13-17-19-23-29-38-50(37-27-21-15-11-7-3)61-67(52-41-33-26-34-42-52)79-73-63-65(75)53-47-56-54(48-55(53)68(63)80-71(61)73)66(76)64-69(56)81-72-62(51(39-28-22-16-12-8-4)40-30-24-20-18-14-10-6-2)70(82-74(64)72)60-46-45-59(78-60)58-44-43-57(77-58)49-35-31-25-32-36-49/h25-26,31-36,41-48,50-51H,5-24,27-30,37-40H2,1-4H3. The van der Waals surface area contributed by atoms with Gasteiger partial charge in [-0.2, -0.15) is 0 Å². The van der Waals surface area contributed by atoms with E-state index in [4.69, 9.17) is 0 Å². The van der Waals surface area contributed by atoms with Crippen molar-refractivity contribution >= 4 is 129 Å². The van der Waals surface area contributed by atoms with Crippen molar-refractivity contribution in [1.82, 2.24) is 0 Å². The van der Waals surface area contributed by atoms with Gasteiger partial charge in [-0.25, -0.2) is 0 Å². The van der Waals surface area contributed by atoms with E-state index >= 15 is 9.59 Å². The summed E-state index contributed by atoms with van der Waals surface area (Å²) in [6, 6.07) is 35.4. The molecular formula is C74H86O2S6. The summed E-state index contributed by atoms with van der Waals surface area (Å²) in [4.78, 5) is 38.8. The van der Waals surface area contributed by atoms with Crippen LogP contribution >= 0.6 is 68.0 Å². The maximum Gasteiger partial charge on any atom is 0.196 e. The van der Waals surface area contributed by atoms with E-state index in [0.717, 1.165) is 41.7 Å². The summed E-state index contributed by atoms with van der Waals surface area (Å²) in [7, 11) is 0. The number of unbranched alkanes of at least 4 members (excludes halogenated alkanes) is 20. The quantitative estimate of drug-likeness (QED) is 0.0377. The van der Waals surface area contributed by atoms with Gasteiger partial charge in [0.2, 0.25) is 0 Å². The van der Waals surface area contributed by atoms with Crippen LogP contribution in [0.5, 0.6) is 0 Å². The Morgan fingerprint density at radius 2 is 0.659 bits per heavy atom. The Morgan fingerprint density at radius 3 is 1.10 bits per heavy atom. The third-order valence-corrected chi connectivity index (χ3v) is 25.8. The van der Waals surface area contributed by atoms with Crippen molar-refractivity contribution in [3.63, 3.8) is 0 Å². The van der Waals surface area contributed by atoms with Gasteiger partial charge >= 0.3 is 0 Å². The van der Waals surface area contributed by atoms with Crippen LogP contribution in [0.4, 0.5) is 0 Å². The van der Waals surface area contributed by atoms with Crippen LogP contribution in [0.25, 0.3) is 101 Å². The highest BCUT2D eigenvalue weighted by Gasteiger charge is 2.31. The van der Waals surface area contributed by atoms with E-state index in [-0.39, 0.29) is 10.9 Å². The maximum absolute atomic E-state index is 15.5. The number of thiophene rings is 6. The molecule has 0 aliphatic carbocycles. The second-order valence-corrected chi connectivity index (χ2v) is 30.1. The molecular weight excluding hydrogens is 1110 g/mol. The summed E-state index contributed by atoms with van der Waals surface area (Å²) in [6.07, 6.45) is 35.9. The Labute approximate surface area is 512 Å². The van der Waals surface area contributed by atoms with Gasteiger partial charge in [-0.15, -0.1) is 68.0 Å². The van der Waals surface area contributed by atoms with Crippen molar-refractivity contribution in [2.75, 3.05) is 0 Å². The average Bonchev–Trinajstić information content (AvgIpc) is 2.20. The molecule has 11 aromatic rings. The highest BCUT2D eigenvalue weighted by Crippen LogP contribution is 2.56. The summed E-state index contributed by atoms with van der Waals surface area (Å²) < 4.78 is 7.15. The molecule has 430 valence electrons. The number of hydrogen-bond acceptors (Lipinski definition) is 8. The molecule has 8 heteroatoms. The fourth-order valence-electron chi connectivity index (χ4n) is 13.4. The van der Waals surface area contributed by atoms with E-state index in [0.29, 0.717) is 11.8 Å². The Bertz CT molecular complexity index is 3900. The molecule has 11 rings (SSSR count). The Morgan fingerprint density at radius 1 is 0.305 bits per heavy atom. The minimum absolute atomic E-state index is 0.143. The van der Waals surface area contributed by atoms with Crippen LogP contribution in [0.1, 0.15) is 230 Å². The minimum atomic E-state index is 0.143. The van der Waals surface area contributed by atoms with Crippen molar-refractivity contribution in [1.29, 1.82) is 0 Å². The fourth-order valence-corrected chi connectivity index (χ4v) is 21.8. The van der Waals surface area contributed by atoms with Gasteiger partial charge in [0.25, 0.3) is 0 Å². The summed E-state index contributed by atoms with van der Waals surface area (Å²) in [5.41, 5.74) is 5.81. The van der Waals surface area contributed by atoms with E-state index in [9.17, 15) is 0 Å². The first-order chi connectivity index (χ1) is 40.4. The smallest absolute Gasteiger partial charge is 0.196 e. The maximum atomic E-state index is 15.5. The van der Waals surface area contributed by atoms with Crippen molar-refractivity contribution in [3.8, 4) is 40.4 Å². The number of rotatable bonds is 34. The van der Waals surface area contributed by atoms with Gasteiger partial charge in [0, 0.05) is 60.2 Å². The Hall–Kier alpha value is -4.28. The molecule has 0 saturated heterocycles. The monoisotopic (exact) mass is 1200 g/mol. The summed E-state index contributed by atoms with van der Waals surface area (Å²) in [5, 5.41) is 5.29. The molecule has 0 amide bonds. The van der Waals surface area contributed by atoms with Crippen LogP contribution in [0.3, 0.4) is 0 Å². The van der Waals surface area contributed by atoms with Crippen molar-refractivity contribution in [3.05, 3.63) is 129 Å². The first-order valence-corrected chi connectivity index (χ1v) is 37.1. The summed E-state index contributed by atoms with van der Waals surface area (Å²) in [6.45, 7) is 9.23. The second kappa shape index (κ2) is 28.7. The van der Waals surface area contributed by atoms with E-state index in [2.05, 4.69) is 125 Å². The van der Waals surface area contributed by atoms with Crippen molar-refractivity contribution in [2.24, 2.45) is 0 Å². The Balaban J connectivity index is 1.01. The summed E-state index contributed by atoms with van der Waals surface area (Å²) >= 11 is 11.3. The highest BCUT2D eigenvalue weighted by atomic mass is 32.1. The van der Waals surface area contributed by atoms with Gasteiger partial charge in [0.05, 0.1) is 29.6 Å². The summed E-state index contributed by atoms with van der Waals surface area (Å²) in [5.74, 6) is 0.884. The van der Waals surface area contributed by atoms with Crippen molar-refractivity contribution < 1.29 is 0 Å². The first-order valence-electron chi connectivity index (χ1n) is 32.2. The molecule has 0 N–H and O–H groups in total.